The van der Waals surface area contributed by atoms with Gasteiger partial charge in [0.1, 0.15) is 23.1 Å². The third-order valence-electron chi connectivity index (χ3n) is 5.11. The maximum Gasteiger partial charge on any atom is 0.266 e. The van der Waals surface area contributed by atoms with Gasteiger partial charge in [-0.3, -0.25) is 9.40 Å². The summed E-state index contributed by atoms with van der Waals surface area (Å²) in [6.45, 7) is 0. The monoisotopic (exact) mass is 471 g/mol. The minimum Gasteiger partial charge on any atom is -0.486 e. The Morgan fingerprint density at radius 2 is 1.91 bits per heavy atom. The molecule has 2 heterocycles. The summed E-state index contributed by atoms with van der Waals surface area (Å²) in [6.07, 6.45) is 1.34. The van der Waals surface area contributed by atoms with Crippen molar-refractivity contribution in [3.05, 3.63) is 60.3 Å². The van der Waals surface area contributed by atoms with Crippen LogP contribution in [0.2, 0.25) is 0 Å². The molecule has 8 nitrogen and oxygen atoms in total. The standard InChI is InChI=1S/C19H17F4N5O3S/c1-28-12(4-7-26-28)11-8-19(22,23)9-14(11)31-13-2-3-15(18(21)17(13)20)32(29,30)27-16-5-6-24-10-25-16/h2-7,10-11,14H,8-9H2,1H3,(H,24,25,27). The molecule has 13 heteroatoms. The van der Waals surface area contributed by atoms with Crippen LogP contribution in [0, 0.1) is 11.6 Å². The van der Waals surface area contributed by atoms with Crippen molar-refractivity contribution >= 4 is 15.8 Å². The van der Waals surface area contributed by atoms with E-state index in [1.165, 1.54) is 23.1 Å². The summed E-state index contributed by atoms with van der Waals surface area (Å²) in [5, 5.41) is 3.95. The number of benzene rings is 1. The van der Waals surface area contributed by atoms with Crippen LogP contribution in [0.25, 0.3) is 0 Å². The largest absolute Gasteiger partial charge is 0.486 e. The zero-order valence-corrected chi connectivity index (χ0v) is 17.4. The Labute approximate surface area is 180 Å². The predicted octanol–water partition coefficient (Wildman–Crippen LogP) is 3.25. The van der Waals surface area contributed by atoms with Gasteiger partial charge >= 0.3 is 0 Å². The van der Waals surface area contributed by atoms with Crippen LogP contribution in [0.1, 0.15) is 24.5 Å². The molecular formula is C19H17F4N5O3S. The van der Waals surface area contributed by atoms with E-state index < -0.39 is 63.1 Å². The van der Waals surface area contributed by atoms with Crippen molar-refractivity contribution in [1.82, 2.24) is 19.7 Å². The lowest BCUT2D eigenvalue weighted by Crippen LogP contribution is -2.23. The molecule has 32 heavy (non-hydrogen) atoms. The molecule has 4 rings (SSSR count). The number of anilines is 1. The first-order valence-corrected chi connectivity index (χ1v) is 10.8. The summed E-state index contributed by atoms with van der Waals surface area (Å²) >= 11 is 0. The van der Waals surface area contributed by atoms with E-state index in [0.717, 1.165) is 18.5 Å². The van der Waals surface area contributed by atoms with E-state index >= 15 is 0 Å². The lowest BCUT2D eigenvalue weighted by molar-refractivity contribution is -0.00168. The summed E-state index contributed by atoms with van der Waals surface area (Å²) in [4.78, 5) is 6.30. The van der Waals surface area contributed by atoms with E-state index in [2.05, 4.69) is 15.1 Å². The molecule has 0 bridgehead atoms. The molecule has 1 aromatic carbocycles. The molecule has 1 aliphatic rings. The number of halogens is 4. The van der Waals surface area contributed by atoms with Crippen LogP contribution in [0.15, 0.2) is 47.9 Å². The molecular weight excluding hydrogens is 454 g/mol. The normalized spacial score (nSPS) is 20.3. The Bertz CT molecular complexity index is 1240. The highest BCUT2D eigenvalue weighted by Crippen LogP contribution is 2.46. The number of aryl methyl sites for hydroxylation is 1. The minimum atomic E-state index is -4.52. The number of aromatic nitrogens is 4. The molecule has 2 atom stereocenters. The van der Waals surface area contributed by atoms with Crippen LogP contribution in [0.5, 0.6) is 5.75 Å². The summed E-state index contributed by atoms with van der Waals surface area (Å²) in [6, 6.07) is 4.46. The highest BCUT2D eigenvalue weighted by molar-refractivity contribution is 7.92. The smallest absolute Gasteiger partial charge is 0.266 e. The van der Waals surface area contributed by atoms with Gasteiger partial charge in [0.05, 0.1) is 0 Å². The summed E-state index contributed by atoms with van der Waals surface area (Å²) in [5.74, 6) is -8.01. The molecule has 1 N–H and O–H groups in total. The van der Waals surface area contributed by atoms with Gasteiger partial charge in [0.25, 0.3) is 15.9 Å². The molecule has 1 fully saturated rings. The van der Waals surface area contributed by atoms with Gasteiger partial charge in [-0.05, 0) is 24.3 Å². The SMILES string of the molecule is Cn1nccc1C1CC(F)(F)CC1Oc1ccc(S(=O)(=O)Nc2ccncn2)c(F)c1F. The van der Waals surface area contributed by atoms with Crippen LogP contribution in [0.4, 0.5) is 23.4 Å². The number of hydrogen-bond donors (Lipinski definition) is 1. The van der Waals surface area contributed by atoms with Crippen molar-refractivity contribution < 1.29 is 30.7 Å². The third kappa shape index (κ3) is 4.24. The Morgan fingerprint density at radius 3 is 2.56 bits per heavy atom. The summed E-state index contributed by atoms with van der Waals surface area (Å²) in [7, 11) is -2.95. The van der Waals surface area contributed by atoms with E-state index in [4.69, 9.17) is 4.74 Å². The quantitative estimate of drug-likeness (QED) is 0.554. The van der Waals surface area contributed by atoms with E-state index in [0.29, 0.717) is 5.69 Å². The zero-order valence-electron chi connectivity index (χ0n) is 16.5. The Balaban J connectivity index is 1.61. The van der Waals surface area contributed by atoms with Gasteiger partial charge in [0, 0.05) is 43.9 Å². The Kier molecular flexibility index (Phi) is 5.53. The van der Waals surface area contributed by atoms with Gasteiger partial charge in [0.15, 0.2) is 11.6 Å². The molecule has 1 saturated carbocycles. The maximum atomic E-state index is 14.7. The van der Waals surface area contributed by atoms with Gasteiger partial charge in [-0.25, -0.2) is 31.6 Å². The topological polar surface area (TPSA) is 99.0 Å². The number of alkyl halides is 2. The lowest BCUT2D eigenvalue weighted by atomic mass is 10.0. The highest BCUT2D eigenvalue weighted by atomic mass is 32.2. The molecule has 0 aliphatic heterocycles. The number of nitrogens with zero attached hydrogens (tertiary/aromatic N) is 4. The second-order valence-corrected chi connectivity index (χ2v) is 8.95. The first-order valence-electron chi connectivity index (χ1n) is 9.36. The fourth-order valence-corrected chi connectivity index (χ4v) is 4.74. The third-order valence-corrected chi connectivity index (χ3v) is 6.48. The fraction of sp³-hybridized carbons (Fsp3) is 0.316. The summed E-state index contributed by atoms with van der Waals surface area (Å²) in [5.41, 5.74) is 0.460. The van der Waals surface area contributed by atoms with E-state index in [9.17, 15) is 26.0 Å². The lowest BCUT2D eigenvalue weighted by Gasteiger charge is -2.21. The van der Waals surface area contributed by atoms with Gasteiger partial charge in [0.2, 0.25) is 5.82 Å². The molecule has 0 saturated heterocycles. The van der Waals surface area contributed by atoms with Gasteiger partial charge in [-0.15, -0.1) is 0 Å². The molecule has 170 valence electrons. The number of ether oxygens (including phenoxy) is 1. The van der Waals surface area contributed by atoms with Crippen molar-refractivity contribution in [2.45, 2.75) is 35.7 Å². The van der Waals surface area contributed by atoms with Crippen LogP contribution in [-0.4, -0.2) is 40.2 Å². The minimum absolute atomic E-state index is 0.146. The fourth-order valence-electron chi connectivity index (χ4n) is 3.66. The predicted molar refractivity (Wildman–Crippen MR) is 104 cm³/mol. The van der Waals surface area contributed by atoms with Crippen molar-refractivity contribution in [2.75, 3.05) is 4.72 Å². The number of rotatable bonds is 6. The van der Waals surface area contributed by atoms with Crippen LogP contribution in [-0.2, 0) is 17.1 Å². The molecule has 0 amide bonds. The molecule has 0 radical (unpaired) electrons. The van der Waals surface area contributed by atoms with Gasteiger partial charge in [-0.1, -0.05) is 0 Å². The van der Waals surface area contributed by atoms with E-state index in [1.54, 1.807) is 13.1 Å². The van der Waals surface area contributed by atoms with E-state index in [1.807, 2.05) is 4.72 Å². The average molecular weight is 471 g/mol. The molecule has 0 spiro atoms. The molecule has 2 aromatic heterocycles. The second-order valence-electron chi connectivity index (χ2n) is 7.30. The van der Waals surface area contributed by atoms with Gasteiger partial charge in [-0.2, -0.15) is 9.49 Å². The van der Waals surface area contributed by atoms with Crippen molar-refractivity contribution in [3.8, 4) is 5.75 Å². The number of nitrogens with one attached hydrogen (secondary N) is 1. The zero-order chi connectivity index (χ0) is 23.1. The van der Waals surface area contributed by atoms with Crippen LogP contribution in [0.3, 0.4) is 0 Å². The first kappa shape index (κ1) is 22.0. The average Bonchev–Trinajstić information content (AvgIpc) is 3.27. The van der Waals surface area contributed by atoms with Crippen molar-refractivity contribution in [3.63, 3.8) is 0 Å². The van der Waals surface area contributed by atoms with Gasteiger partial charge < -0.3 is 4.74 Å². The molecule has 2 unspecified atom stereocenters. The summed E-state index contributed by atoms with van der Waals surface area (Å²) < 4.78 is 91.3. The first-order chi connectivity index (χ1) is 15.1. The van der Waals surface area contributed by atoms with E-state index in [-0.39, 0.29) is 5.82 Å². The Morgan fingerprint density at radius 1 is 1.12 bits per heavy atom. The molecule has 3 aromatic rings. The van der Waals surface area contributed by atoms with Crippen LogP contribution >= 0.6 is 0 Å². The Hall–Kier alpha value is -3.22. The van der Waals surface area contributed by atoms with Crippen LogP contribution < -0.4 is 9.46 Å². The van der Waals surface area contributed by atoms with Crippen molar-refractivity contribution in [1.29, 1.82) is 0 Å². The highest BCUT2D eigenvalue weighted by Gasteiger charge is 2.49. The number of sulfonamides is 1. The maximum absolute atomic E-state index is 14.7. The van der Waals surface area contributed by atoms with Crippen molar-refractivity contribution in [2.24, 2.45) is 7.05 Å². The second kappa shape index (κ2) is 8.04. The number of hydrogen-bond acceptors (Lipinski definition) is 6. The molecule has 1 aliphatic carbocycles.